The number of aliphatic hydroxyl groups is 1. The average Bonchev–Trinajstić information content (AvgIpc) is 3.15. The van der Waals surface area contributed by atoms with E-state index in [2.05, 4.69) is 10.4 Å². The van der Waals surface area contributed by atoms with Crippen LogP contribution in [0.4, 0.5) is 0 Å². The van der Waals surface area contributed by atoms with E-state index in [-0.39, 0.29) is 12.5 Å². The number of nitrogens with zero attached hydrogens (tertiary/aromatic N) is 2. The van der Waals surface area contributed by atoms with Crippen LogP contribution in [-0.2, 0) is 7.05 Å². The molecule has 128 valence electrons. The highest BCUT2D eigenvalue weighted by molar-refractivity contribution is 6.42. The number of nitrogens with one attached hydrogen (secondary N) is 1. The lowest BCUT2D eigenvalue weighted by Gasteiger charge is -2.21. The van der Waals surface area contributed by atoms with Crippen molar-refractivity contribution in [3.8, 4) is 11.3 Å². The number of carbonyl (C=O) groups is 1. The van der Waals surface area contributed by atoms with Crippen molar-refractivity contribution in [1.82, 2.24) is 15.1 Å². The van der Waals surface area contributed by atoms with Crippen LogP contribution >= 0.6 is 23.2 Å². The Kier molecular flexibility index (Phi) is 4.85. The van der Waals surface area contributed by atoms with Crippen molar-refractivity contribution >= 4 is 29.1 Å². The molecule has 0 unspecified atom stereocenters. The second-order valence-electron chi connectivity index (χ2n) is 6.28. The Morgan fingerprint density at radius 3 is 2.67 bits per heavy atom. The minimum Gasteiger partial charge on any atom is -0.388 e. The summed E-state index contributed by atoms with van der Waals surface area (Å²) in [5, 5.41) is 18.3. The third-order valence-corrected chi connectivity index (χ3v) is 5.18. The summed E-state index contributed by atoms with van der Waals surface area (Å²) >= 11 is 12.0. The summed E-state index contributed by atoms with van der Waals surface area (Å²) < 4.78 is 1.62. The molecule has 0 saturated heterocycles. The van der Waals surface area contributed by atoms with Crippen LogP contribution < -0.4 is 5.32 Å². The highest BCUT2D eigenvalue weighted by Crippen LogP contribution is 2.30. The molecule has 5 nitrogen and oxygen atoms in total. The molecule has 3 rings (SSSR count). The number of halogens is 2. The Labute approximate surface area is 150 Å². The molecule has 0 atom stereocenters. The first-order valence-corrected chi connectivity index (χ1v) is 8.64. The van der Waals surface area contributed by atoms with Crippen LogP contribution in [0.3, 0.4) is 0 Å². The molecule has 1 heterocycles. The number of aromatic nitrogens is 2. The number of amides is 1. The Balaban J connectivity index is 1.75. The SMILES string of the molecule is Cn1nc(C(=O)NCC2(O)CCCC2)cc1-c1ccc(Cl)c(Cl)c1. The fourth-order valence-electron chi connectivity index (χ4n) is 3.05. The molecule has 0 radical (unpaired) electrons. The Bertz CT molecular complexity index is 767. The zero-order valence-electron chi connectivity index (χ0n) is 13.4. The summed E-state index contributed by atoms with van der Waals surface area (Å²) in [5.41, 5.74) is 1.11. The van der Waals surface area contributed by atoms with Crippen LogP contribution in [0.2, 0.25) is 10.0 Å². The molecule has 2 aromatic rings. The molecule has 2 N–H and O–H groups in total. The van der Waals surface area contributed by atoms with Crippen molar-refractivity contribution in [3.05, 3.63) is 40.0 Å². The van der Waals surface area contributed by atoms with Crippen LogP contribution in [-0.4, -0.2) is 32.9 Å². The van der Waals surface area contributed by atoms with Crippen molar-refractivity contribution in [2.45, 2.75) is 31.3 Å². The predicted molar refractivity (Wildman–Crippen MR) is 94.4 cm³/mol. The summed E-state index contributed by atoms with van der Waals surface area (Å²) in [6.45, 7) is 0.254. The molecule has 1 aromatic heterocycles. The van der Waals surface area contributed by atoms with Gasteiger partial charge in [-0.1, -0.05) is 42.1 Å². The fraction of sp³-hybridized carbons (Fsp3) is 0.412. The lowest BCUT2D eigenvalue weighted by molar-refractivity contribution is 0.0448. The van der Waals surface area contributed by atoms with Crippen molar-refractivity contribution in [2.24, 2.45) is 7.05 Å². The predicted octanol–water partition coefficient (Wildman–Crippen LogP) is 3.43. The topological polar surface area (TPSA) is 67.2 Å². The molecule has 1 aliphatic carbocycles. The summed E-state index contributed by atoms with van der Waals surface area (Å²) in [6, 6.07) is 6.98. The number of aryl methyl sites for hydroxylation is 1. The molecule has 1 aliphatic rings. The van der Waals surface area contributed by atoms with Crippen molar-refractivity contribution in [2.75, 3.05) is 6.54 Å². The van der Waals surface area contributed by atoms with Crippen LogP contribution in [0, 0.1) is 0 Å². The van der Waals surface area contributed by atoms with Gasteiger partial charge in [-0.05, 0) is 31.0 Å². The molecule has 24 heavy (non-hydrogen) atoms. The molecule has 0 aliphatic heterocycles. The molecule has 0 bridgehead atoms. The van der Waals surface area contributed by atoms with E-state index in [0.717, 1.165) is 36.9 Å². The number of hydrogen-bond acceptors (Lipinski definition) is 3. The van der Waals surface area contributed by atoms with Crippen LogP contribution in [0.15, 0.2) is 24.3 Å². The monoisotopic (exact) mass is 367 g/mol. The molecule has 1 amide bonds. The van der Waals surface area contributed by atoms with E-state index in [1.165, 1.54) is 0 Å². The van der Waals surface area contributed by atoms with E-state index in [1.54, 1.807) is 29.9 Å². The maximum Gasteiger partial charge on any atom is 0.271 e. The number of rotatable bonds is 4. The molecule has 7 heteroatoms. The normalized spacial score (nSPS) is 16.3. The van der Waals surface area contributed by atoms with Crippen LogP contribution in [0.25, 0.3) is 11.3 Å². The van der Waals surface area contributed by atoms with Gasteiger partial charge in [0.25, 0.3) is 5.91 Å². The molecular weight excluding hydrogens is 349 g/mol. The van der Waals surface area contributed by atoms with Crippen molar-refractivity contribution < 1.29 is 9.90 Å². The van der Waals surface area contributed by atoms with Crippen LogP contribution in [0.1, 0.15) is 36.2 Å². The van der Waals surface area contributed by atoms with Crippen LogP contribution in [0.5, 0.6) is 0 Å². The third-order valence-electron chi connectivity index (χ3n) is 4.44. The maximum absolute atomic E-state index is 12.3. The van der Waals surface area contributed by atoms with Gasteiger partial charge in [0.1, 0.15) is 0 Å². The first kappa shape index (κ1) is 17.3. The fourth-order valence-corrected chi connectivity index (χ4v) is 3.35. The average molecular weight is 368 g/mol. The van der Waals surface area contributed by atoms with E-state index < -0.39 is 5.60 Å². The summed E-state index contributed by atoms with van der Waals surface area (Å²) in [5.74, 6) is -0.294. The lowest BCUT2D eigenvalue weighted by atomic mass is 10.0. The molecular formula is C17H19Cl2N3O2. The standard InChI is InChI=1S/C17H19Cl2N3O2/c1-22-15(11-4-5-12(18)13(19)8-11)9-14(21-22)16(23)20-10-17(24)6-2-3-7-17/h4-5,8-9,24H,2-3,6-7,10H2,1H3,(H,20,23). The second-order valence-corrected chi connectivity index (χ2v) is 7.10. The van der Waals surface area contributed by atoms with Gasteiger partial charge >= 0.3 is 0 Å². The summed E-state index contributed by atoms with van der Waals surface area (Å²) in [4.78, 5) is 12.3. The molecule has 1 fully saturated rings. The zero-order valence-corrected chi connectivity index (χ0v) is 14.9. The Morgan fingerprint density at radius 1 is 1.29 bits per heavy atom. The smallest absolute Gasteiger partial charge is 0.271 e. The van der Waals surface area contributed by atoms with Gasteiger partial charge in [0, 0.05) is 19.2 Å². The largest absolute Gasteiger partial charge is 0.388 e. The van der Waals surface area contributed by atoms with Gasteiger partial charge < -0.3 is 10.4 Å². The summed E-state index contributed by atoms with van der Waals surface area (Å²) in [6.07, 6.45) is 3.45. The van der Waals surface area contributed by atoms with Crippen molar-refractivity contribution in [3.63, 3.8) is 0 Å². The molecule has 1 saturated carbocycles. The first-order chi connectivity index (χ1) is 11.4. The highest BCUT2D eigenvalue weighted by atomic mass is 35.5. The Morgan fingerprint density at radius 2 is 2.00 bits per heavy atom. The second kappa shape index (κ2) is 6.75. The number of hydrogen-bond donors (Lipinski definition) is 2. The Hall–Kier alpha value is -1.56. The van der Waals surface area contributed by atoms with E-state index >= 15 is 0 Å². The van der Waals surface area contributed by atoms with E-state index in [1.807, 2.05) is 6.07 Å². The van der Waals surface area contributed by atoms with Crippen molar-refractivity contribution in [1.29, 1.82) is 0 Å². The van der Waals surface area contributed by atoms with Gasteiger partial charge in [-0.15, -0.1) is 0 Å². The van der Waals surface area contributed by atoms with Gasteiger partial charge in [0.2, 0.25) is 0 Å². The third kappa shape index (κ3) is 3.58. The van der Waals surface area contributed by atoms with Gasteiger partial charge in [-0.3, -0.25) is 9.48 Å². The van der Waals surface area contributed by atoms with E-state index in [9.17, 15) is 9.90 Å². The zero-order chi connectivity index (χ0) is 17.3. The van der Waals surface area contributed by atoms with Gasteiger partial charge in [-0.2, -0.15) is 5.10 Å². The number of benzene rings is 1. The van der Waals surface area contributed by atoms with Gasteiger partial charge in [-0.25, -0.2) is 0 Å². The van der Waals surface area contributed by atoms with Gasteiger partial charge in [0.15, 0.2) is 5.69 Å². The highest BCUT2D eigenvalue weighted by Gasteiger charge is 2.31. The molecule has 0 spiro atoms. The number of carbonyl (C=O) groups excluding carboxylic acids is 1. The lowest BCUT2D eigenvalue weighted by Crippen LogP contribution is -2.40. The first-order valence-electron chi connectivity index (χ1n) is 7.88. The van der Waals surface area contributed by atoms with E-state index in [0.29, 0.717) is 15.7 Å². The summed E-state index contributed by atoms with van der Waals surface area (Å²) in [7, 11) is 1.76. The van der Waals surface area contributed by atoms with E-state index in [4.69, 9.17) is 23.2 Å². The minimum absolute atomic E-state index is 0.254. The van der Waals surface area contributed by atoms with Gasteiger partial charge in [0.05, 0.1) is 21.3 Å². The molecule has 1 aromatic carbocycles. The minimum atomic E-state index is -0.781. The quantitative estimate of drug-likeness (QED) is 0.869. The maximum atomic E-state index is 12.3.